The maximum atomic E-state index is 12.2. The Kier molecular flexibility index (Phi) is 6.02. The summed E-state index contributed by atoms with van der Waals surface area (Å²) in [7, 11) is 0. The van der Waals surface area contributed by atoms with Crippen molar-refractivity contribution in [1.29, 1.82) is 0 Å². The van der Waals surface area contributed by atoms with E-state index in [1.807, 2.05) is 66.7 Å². The first-order chi connectivity index (χ1) is 16.3. The second kappa shape index (κ2) is 9.57. The molecule has 0 bridgehead atoms. The first kappa shape index (κ1) is 20.8. The summed E-state index contributed by atoms with van der Waals surface area (Å²) in [5.74, 6) is 0.820. The van der Waals surface area contributed by atoms with Crippen molar-refractivity contribution in [3.05, 3.63) is 108 Å². The minimum absolute atomic E-state index is 0.0722. The number of nitrogens with one attached hydrogen (secondary N) is 1. The van der Waals surface area contributed by atoms with Crippen LogP contribution < -0.4 is 5.32 Å². The van der Waals surface area contributed by atoms with Gasteiger partial charge in [-0.25, -0.2) is 4.79 Å². The molecule has 0 radical (unpaired) electrons. The van der Waals surface area contributed by atoms with Crippen LogP contribution in [0.25, 0.3) is 28.5 Å². The Morgan fingerprint density at radius 3 is 2.30 bits per heavy atom. The van der Waals surface area contributed by atoms with E-state index in [1.165, 1.54) is 22.3 Å². The lowest BCUT2D eigenvalue weighted by Gasteiger charge is -2.14. The molecule has 0 unspecified atom stereocenters. The maximum absolute atomic E-state index is 12.2. The molecular weight excluding hydrogens is 412 g/mol. The summed E-state index contributed by atoms with van der Waals surface area (Å²) in [6.07, 6.45) is 6.03. The average molecular weight is 437 g/mol. The number of fused-ring (bicyclic) bond motifs is 3. The highest BCUT2D eigenvalue weighted by Crippen LogP contribution is 2.44. The number of ether oxygens (including phenoxy) is 1. The molecule has 1 aromatic heterocycles. The molecule has 1 aliphatic carbocycles. The summed E-state index contributed by atoms with van der Waals surface area (Å²) < 4.78 is 10.7. The van der Waals surface area contributed by atoms with Gasteiger partial charge in [0.1, 0.15) is 6.61 Å². The van der Waals surface area contributed by atoms with Crippen LogP contribution in [0.2, 0.25) is 0 Å². The van der Waals surface area contributed by atoms with Gasteiger partial charge in [0.05, 0.1) is 6.20 Å². The zero-order valence-electron chi connectivity index (χ0n) is 18.1. The Balaban J connectivity index is 1.09. The van der Waals surface area contributed by atoms with E-state index in [9.17, 15) is 4.79 Å². The van der Waals surface area contributed by atoms with Gasteiger partial charge in [0, 0.05) is 24.1 Å². The number of alkyl carbamates (subject to hydrolysis) is 1. The summed E-state index contributed by atoms with van der Waals surface area (Å²) in [6.45, 7) is 0.844. The SMILES string of the molecule is O=C(NCCC=Cc1ccc(-c2ccno2)cc1)OCC1c2ccccc2-c2ccccc21. The molecule has 1 aliphatic rings. The second-order valence-electron chi connectivity index (χ2n) is 7.94. The van der Waals surface area contributed by atoms with Crippen LogP contribution in [0.3, 0.4) is 0 Å². The maximum Gasteiger partial charge on any atom is 0.407 e. The quantitative estimate of drug-likeness (QED) is 0.346. The van der Waals surface area contributed by atoms with Crippen LogP contribution in [0.15, 0.2) is 95.7 Å². The van der Waals surface area contributed by atoms with E-state index in [2.05, 4.69) is 34.7 Å². The smallest absolute Gasteiger partial charge is 0.407 e. The topological polar surface area (TPSA) is 64.4 Å². The fourth-order valence-electron chi connectivity index (χ4n) is 4.25. The van der Waals surface area contributed by atoms with Crippen LogP contribution in [0.4, 0.5) is 4.79 Å². The lowest BCUT2D eigenvalue weighted by Crippen LogP contribution is -2.26. The summed E-state index contributed by atoms with van der Waals surface area (Å²) in [5.41, 5.74) is 6.94. The van der Waals surface area contributed by atoms with Gasteiger partial charge in [-0.05, 0) is 34.2 Å². The van der Waals surface area contributed by atoms with Crippen LogP contribution in [-0.2, 0) is 4.74 Å². The molecule has 5 nitrogen and oxygen atoms in total. The Labute approximate surface area is 192 Å². The minimum Gasteiger partial charge on any atom is -0.449 e. The zero-order valence-corrected chi connectivity index (χ0v) is 18.1. The van der Waals surface area contributed by atoms with Crippen molar-refractivity contribution < 1.29 is 14.1 Å². The first-order valence-electron chi connectivity index (χ1n) is 11.1. The summed E-state index contributed by atoms with van der Waals surface area (Å²) in [4.78, 5) is 12.2. The van der Waals surface area contributed by atoms with Gasteiger partial charge < -0.3 is 14.6 Å². The van der Waals surface area contributed by atoms with E-state index in [1.54, 1.807) is 6.20 Å². The van der Waals surface area contributed by atoms with Crippen LogP contribution in [0, 0.1) is 0 Å². The Morgan fingerprint density at radius 2 is 1.64 bits per heavy atom. The molecule has 0 aliphatic heterocycles. The van der Waals surface area contributed by atoms with E-state index in [4.69, 9.17) is 9.26 Å². The average Bonchev–Trinajstić information content (AvgIpc) is 3.50. The fourth-order valence-corrected chi connectivity index (χ4v) is 4.25. The summed E-state index contributed by atoms with van der Waals surface area (Å²) in [5, 5.41) is 6.56. The predicted molar refractivity (Wildman–Crippen MR) is 129 cm³/mol. The number of rotatable bonds is 7. The lowest BCUT2D eigenvalue weighted by molar-refractivity contribution is 0.143. The molecule has 1 heterocycles. The van der Waals surface area contributed by atoms with E-state index in [-0.39, 0.29) is 12.0 Å². The van der Waals surface area contributed by atoms with Crippen molar-refractivity contribution in [2.45, 2.75) is 12.3 Å². The Morgan fingerprint density at radius 1 is 0.939 bits per heavy atom. The van der Waals surface area contributed by atoms with E-state index in [0.29, 0.717) is 19.6 Å². The molecule has 164 valence electrons. The van der Waals surface area contributed by atoms with Crippen molar-refractivity contribution in [3.8, 4) is 22.5 Å². The third kappa shape index (κ3) is 4.58. The van der Waals surface area contributed by atoms with E-state index >= 15 is 0 Å². The molecule has 3 aromatic carbocycles. The van der Waals surface area contributed by atoms with Crippen LogP contribution >= 0.6 is 0 Å². The summed E-state index contributed by atoms with van der Waals surface area (Å²) in [6, 6.07) is 26.5. The number of carbonyl (C=O) groups is 1. The number of nitrogens with zero attached hydrogens (tertiary/aromatic N) is 1. The number of carbonyl (C=O) groups excluding carboxylic acids is 1. The van der Waals surface area contributed by atoms with E-state index in [0.717, 1.165) is 16.9 Å². The fraction of sp³-hybridized carbons (Fsp3) is 0.143. The molecule has 5 heteroatoms. The van der Waals surface area contributed by atoms with Crippen LogP contribution in [-0.4, -0.2) is 24.4 Å². The third-order valence-corrected chi connectivity index (χ3v) is 5.87. The van der Waals surface area contributed by atoms with Crippen molar-refractivity contribution in [2.24, 2.45) is 0 Å². The zero-order chi connectivity index (χ0) is 22.5. The van der Waals surface area contributed by atoms with Gasteiger partial charge in [0.15, 0.2) is 5.76 Å². The Bertz CT molecular complexity index is 1220. The van der Waals surface area contributed by atoms with Crippen molar-refractivity contribution in [2.75, 3.05) is 13.2 Å². The minimum atomic E-state index is -0.387. The Hall–Kier alpha value is -4.12. The van der Waals surface area contributed by atoms with Crippen molar-refractivity contribution in [1.82, 2.24) is 10.5 Å². The highest BCUT2D eigenvalue weighted by atomic mass is 16.5. The van der Waals surface area contributed by atoms with Crippen molar-refractivity contribution in [3.63, 3.8) is 0 Å². The molecule has 1 N–H and O–H groups in total. The van der Waals surface area contributed by atoms with Gasteiger partial charge in [0.25, 0.3) is 0 Å². The molecule has 0 atom stereocenters. The molecule has 0 fully saturated rings. The monoisotopic (exact) mass is 436 g/mol. The van der Waals surface area contributed by atoms with Gasteiger partial charge in [0.2, 0.25) is 0 Å². The number of hydrogen-bond acceptors (Lipinski definition) is 4. The van der Waals surface area contributed by atoms with Gasteiger partial charge in [-0.15, -0.1) is 0 Å². The number of aromatic nitrogens is 1. The highest BCUT2D eigenvalue weighted by Gasteiger charge is 2.28. The van der Waals surface area contributed by atoms with Gasteiger partial charge in [-0.3, -0.25) is 0 Å². The molecule has 33 heavy (non-hydrogen) atoms. The lowest BCUT2D eigenvalue weighted by atomic mass is 9.98. The third-order valence-electron chi connectivity index (χ3n) is 5.87. The number of benzene rings is 3. The second-order valence-corrected chi connectivity index (χ2v) is 7.94. The number of amides is 1. The summed E-state index contributed by atoms with van der Waals surface area (Å²) >= 11 is 0. The largest absolute Gasteiger partial charge is 0.449 e. The van der Waals surface area contributed by atoms with Gasteiger partial charge >= 0.3 is 6.09 Å². The van der Waals surface area contributed by atoms with Gasteiger partial charge in [-0.2, -0.15) is 0 Å². The predicted octanol–water partition coefficient (Wildman–Crippen LogP) is 6.28. The molecule has 1 amide bonds. The number of hydrogen-bond donors (Lipinski definition) is 1. The molecule has 0 saturated heterocycles. The highest BCUT2D eigenvalue weighted by molar-refractivity contribution is 5.79. The van der Waals surface area contributed by atoms with Gasteiger partial charge in [-0.1, -0.05) is 90.1 Å². The standard InChI is InChI=1S/C28H24N2O3/c31-28(29-17-6-5-7-20-12-14-21(15-13-20)27-16-18-30-33-27)32-19-26-24-10-3-1-8-22(24)23-9-2-4-11-25(23)26/h1-5,7-16,18,26H,6,17,19H2,(H,29,31). The molecular formula is C28H24N2O3. The molecule has 5 rings (SSSR count). The molecule has 4 aromatic rings. The normalized spacial score (nSPS) is 12.5. The van der Waals surface area contributed by atoms with Crippen molar-refractivity contribution >= 4 is 12.2 Å². The van der Waals surface area contributed by atoms with Crippen LogP contribution in [0.5, 0.6) is 0 Å². The first-order valence-corrected chi connectivity index (χ1v) is 11.1. The van der Waals surface area contributed by atoms with Crippen LogP contribution in [0.1, 0.15) is 29.0 Å². The molecule has 0 saturated carbocycles. The van der Waals surface area contributed by atoms with E-state index < -0.39 is 0 Å². The molecule has 0 spiro atoms.